The Labute approximate surface area is 235 Å². The van der Waals surface area contributed by atoms with E-state index in [1.54, 1.807) is 33.4 Å². The highest BCUT2D eigenvalue weighted by atomic mass is 19.2. The van der Waals surface area contributed by atoms with Crippen molar-refractivity contribution in [2.75, 3.05) is 19.5 Å². The van der Waals surface area contributed by atoms with Crippen LogP contribution in [0.4, 0.5) is 32.0 Å². The number of Topliss-reactive ketones (excluding diaryl/α,β-unsaturated/α-hetero) is 1. The third-order valence-corrected chi connectivity index (χ3v) is 5.02. The summed E-state index contributed by atoms with van der Waals surface area (Å²) in [6.45, 7) is 3.26. The summed E-state index contributed by atoms with van der Waals surface area (Å²) in [6.07, 6.45) is 2.74. The van der Waals surface area contributed by atoms with Crippen LogP contribution < -0.4 is 11.3 Å². The van der Waals surface area contributed by atoms with Gasteiger partial charge in [0.25, 0.3) is 0 Å². The van der Waals surface area contributed by atoms with E-state index in [-0.39, 0.29) is 35.5 Å². The van der Waals surface area contributed by atoms with Crippen LogP contribution in [0.3, 0.4) is 0 Å². The van der Waals surface area contributed by atoms with Crippen molar-refractivity contribution in [2.24, 2.45) is 5.84 Å². The van der Waals surface area contributed by atoms with Crippen LogP contribution in [0.5, 0.6) is 0 Å². The summed E-state index contributed by atoms with van der Waals surface area (Å²) in [6, 6.07) is 2.11. The Kier molecular flexibility index (Phi) is 13.2. The molecule has 3 aromatic rings. The molecule has 5 N–H and O–H groups in total. The van der Waals surface area contributed by atoms with Crippen molar-refractivity contribution in [2.45, 2.75) is 26.7 Å². The number of aromatic carboxylic acids is 1. The van der Waals surface area contributed by atoms with Gasteiger partial charge in [0, 0.05) is 51.0 Å². The molecular weight excluding hydrogens is 576 g/mol. The van der Waals surface area contributed by atoms with Crippen LogP contribution in [0.1, 0.15) is 36.3 Å². The van der Waals surface area contributed by atoms with Crippen molar-refractivity contribution in [3.8, 4) is 5.69 Å². The number of carboxylic acid groups (broad SMARTS) is 2. The number of carboxylic acids is 2. The minimum Gasteiger partial charge on any atom is -0.478 e. The molecule has 0 radical (unpaired) electrons. The zero-order chi connectivity index (χ0) is 32.3. The summed E-state index contributed by atoms with van der Waals surface area (Å²) in [5.74, 6) is -4.44. The summed E-state index contributed by atoms with van der Waals surface area (Å²) in [7, 11) is 3.34. The second-order valence-corrected chi connectivity index (χ2v) is 8.27. The number of benzene rings is 2. The van der Waals surface area contributed by atoms with Crippen LogP contribution in [-0.4, -0.2) is 56.7 Å². The highest BCUT2D eigenvalue weighted by Crippen LogP contribution is 2.23. The second kappa shape index (κ2) is 15.8. The largest absolute Gasteiger partial charge is 0.478 e. The molecule has 0 bridgehead atoms. The maximum atomic E-state index is 13.6. The lowest BCUT2D eigenvalue weighted by Gasteiger charge is -2.09. The van der Waals surface area contributed by atoms with Crippen molar-refractivity contribution in [1.82, 2.24) is 14.7 Å². The molecular formula is C26H27F6N5O5. The molecule has 16 heteroatoms. The van der Waals surface area contributed by atoms with Gasteiger partial charge in [0.1, 0.15) is 34.1 Å². The van der Waals surface area contributed by atoms with E-state index in [2.05, 4.69) is 5.10 Å². The minimum atomic E-state index is -1.24. The molecule has 1 aromatic heterocycles. The van der Waals surface area contributed by atoms with Crippen LogP contribution in [0.25, 0.3) is 5.69 Å². The molecule has 0 spiro atoms. The number of hydrogen-bond acceptors (Lipinski definition) is 7. The molecule has 0 aliphatic heterocycles. The van der Waals surface area contributed by atoms with Gasteiger partial charge < -0.3 is 20.5 Å². The maximum Gasteiger partial charge on any atom is 0.340 e. The Balaban J connectivity index is 0.000000334. The highest BCUT2D eigenvalue weighted by Gasteiger charge is 2.21. The summed E-state index contributed by atoms with van der Waals surface area (Å²) in [5.41, 5.74) is 0.471. The lowest BCUT2D eigenvalue weighted by molar-refractivity contribution is -0.134. The van der Waals surface area contributed by atoms with Gasteiger partial charge >= 0.3 is 11.9 Å². The Morgan fingerprint density at radius 1 is 0.929 bits per heavy atom. The van der Waals surface area contributed by atoms with E-state index in [0.29, 0.717) is 24.3 Å². The van der Waals surface area contributed by atoms with Gasteiger partial charge in [0.2, 0.25) is 0 Å². The third kappa shape index (κ3) is 9.36. The number of aromatic nitrogens is 2. The van der Waals surface area contributed by atoms with E-state index in [0.717, 1.165) is 10.9 Å². The lowest BCUT2D eigenvalue weighted by atomic mass is 10.1. The number of aliphatic carboxylic acids is 1. The molecule has 0 unspecified atom stereocenters. The van der Waals surface area contributed by atoms with Crippen molar-refractivity contribution < 1.29 is 50.9 Å². The van der Waals surface area contributed by atoms with Gasteiger partial charge in [-0.3, -0.25) is 10.6 Å². The molecule has 42 heavy (non-hydrogen) atoms. The van der Waals surface area contributed by atoms with Crippen LogP contribution in [0.15, 0.2) is 42.2 Å². The van der Waals surface area contributed by atoms with Gasteiger partial charge in [-0.15, -0.1) is 0 Å². The van der Waals surface area contributed by atoms with Crippen molar-refractivity contribution >= 4 is 23.4 Å². The topological polar surface area (TPSA) is 151 Å². The van der Waals surface area contributed by atoms with E-state index in [4.69, 9.17) is 16.1 Å². The summed E-state index contributed by atoms with van der Waals surface area (Å²) >= 11 is 0. The SMILES string of the molecule is CCC(=O)C(=CN(C)C)C(=O)O.CCc1c(C(=O)O)cnn1-c1c(F)cc(F)cc1F.NNc1c(F)cc(F)cc1F. The number of hydrazine groups is 1. The molecule has 0 saturated heterocycles. The number of halogens is 6. The quantitative estimate of drug-likeness (QED) is 0.0732. The molecule has 0 atom stereocenters. The Bertz CT molecular complexity index is 1430. The van der Waals surface area contributed by atoms with Gasteiger partial charge in [0.15, 0.2) is 29.1 Å². The van der Waals surface area contributed by atoms with E-state index in [9.17, 15) is 40.7 Å². The fraction of sp³-hybridized carbons (Fsp3) is 0.231. The monoisotopic (exact) mass is 603 g/mol. The van der Waals surface area contributed by atoms with E-state index in [1.807, 2.05) is 0 Å². The summed E-state index contributed by atoms with van der Waals surface area (Å²) < 4.78 is 78.1. The van der Waals surface area contributed by atoms with Crippen LogP contribution in [0, 0.1) is 34.9 Å². The standard InChI is InChI=1S/C12H9F3N2O2.C8H13NO3.C6H5F3N2/c1-2-10-7(12(18)19)5-16-17(10)11-8(14)3-6(13)4-9(11)15;1-4-7(10)6(8(11)12)5-9(2)3;7-3-1-4(8)6(11-10)5(9)2-3/h3-5H,2H2,1H3,(H,18,19);5H,4H2,1-3H3,(H,11,12);1-2,11H,10H2. The molecule has 1 heterocycles. The first-order chi connectivity index (χ1) is 19.6. The lowest BCUT2D eigenvalue weighted by Crippen LogP contribution is -2.15. The summed E-state index contributed by atoms with van der Waals surface area (Å²) in [5, 5.41) is 21.2. The number of nitrogens with one attached hydrogen (secondary N) is 1. The Hall–Kier alpha value is -4.86. The summed E-state index contributed by atoms with van der Waals surface area (Å²) in [4.78, 5) is 34.0. The van der Waals surface area contributed by atoms with E-state index in [1.165, 1.54) is 11.1 Å². The molecule has 10 nitrogen and oxygen atoms in total. The molecule has 0 aliphatic rings. The highest BCUT2D eigenvalue weighted by molar-refractivity contribution is 6.16. The molecule has 2 aromatic carbocycles. The number of anilines is 1. The van der Waals surface area contributed by atoms with Gasteiger partial charge in [-0.2, -0.15) is 5.10 Å². The predicted octanol–water partition coefficient (Wildman–Crippen LogP) is 4.44. The first-order valence-corrected chi connectivity index (χ1v) is 11.8. The number of nitrogens with zero attached hydrogens (tertiary/aromatic N) is 3. The van der Waals surface area contributed by atoms with Gasteiger partial charge in [-0.25, -0.2) is 40.6 Å². The molecule has 0 amide bonds. The van der Waals surface area contributed by atoms with E-state index < -0.39 is 58.2 Å². The maximum absolute atomic E-state index is 13.6. The van der Waals surface area contributed by atoms with Crippen LogP contribution >= 0.6 is 0 Å². The number of ketones is 1. The Morgan fingerprint density at radius 2 is 1.40 bits per heavy atom. The smallest absolute Gasteiger partial charge is 0.340 e. The van der Waals surface area contributed by atoms with Gasteiger partial charge in [-0.05, 0) is 6.42 Å². The first-order valence-electron chi connectivity index (χ1n) is 11.8. The number of nitrogens with two attached hydrogens (primary N) is 1. The number of rotatable bonds is 8. The zero-order valence-electron chi connectivity index (χ0n) is 22.7. The first kappa shape index (κ1) is 35.2. The molecule has 0 aliphatic carbocycles. The number of carbonyl (C=O) groups is 3. The van der Waals surface area contributed by atoms with Crippen molar-refractivity contribution in [3.63, 3.8) is 0 Å². The fourth-order valence-electron chi connectivity index (χ4n) is 3.20. The minimum absolute atomic E-state index is 0.136. The zero-order valence-corrected chi connectivity index (χ0v) is 22.7. The third-order valence-electron chi connectivity index (χ3n) is 5.02. The fourth-order valence-corrected chi connectivity index (χ4v) is 3.20. The Morgan fingerprint density at radius 3 is 1.76 bits per heavy atom. The number of hydrogen-bond donors (Lipinski definition) is 4. The predicted molar refractivity (Wildman–Crippen MR) is 139 cm³/mol. The number of carbonyl (C=O) groups excluding carboxylic acids is 1. The molecule has 0 fully saturated rings. The van der Waals surface area contributed by atoms with Gasteiger partial charge in [0.05, 0.1) is 11.9 Å². The molecule has 3 rings (SSSR count). The average molecular weight is 604 g/mol. The van der Waals surface area contributed by atoms with Crippen LogP contribution in [-0.2, 0) is 16.0 Å². The molecule has 0 saturated carbocycles. The van der Waals surface area contributed by atoms with Crippen molar-refractivity contribution in [3.05, 3.63) is 88.4 Å². The average Bonchev–Trinajstić information content (AvgIpc) is 3.30. The van der Waals surface area contributed by atoms with E-state index >= 15 is 0 Å². The number of nitrogen functional groups attached to an aromatic ring is 1. The second-order valence-electron chi connectivity index (χ2n) is 8.27. The molecule has 228 valence electrons. The normalized spacial score (nSPS) is 10.6. The van der Waals surface area contributed by atoms with Gasteiger partial charge in [-0.1, -0.05) is 13.8 Å². The van der Waals surface area contributed by atoms with Crippen molar-refractivity contribution in [1.29, 1.82) is 0 Å². The van der Waals surface area contributed by atoms with Crippen LogP contribution in [0.2, 0.25) is 0 Å².